The Morgan fingerprint density at radius 1 is 1.04 bits per heavy atom. The first kappa shape index (κ1) is 15.3. The minimum atomic E-state index is 0.0454. The van der Waals surface area contributed by atoms with E-state index in [-0.39, 0.29) is 11.9 Å². The molecule has 1 unspecified atom stereocenters. The predicted molar refractivity (Wildman–Crippen MR) is 91.9 cm³/mol. The van der Waals surface area contributed by atoms with Gasteiger partial charge in [-0.1, -0.05) is 17.7 Å². The highest BCUT2D eigenvalue weighted by Gasteiger charge is 2.31. The molecule has 124 valence electrons. The van der Waals surface area contributed by atoms with Crippen LogP contribution in [0.15, 0.2) is 42.5 Å². The van der Waals surface area contributed by atoms with E-state index in [1.54, 1.807) is 24.3 Å². The summed E-state index contributed by atoms with van der Waals surface area (Å²) in [6.45, 7) is 1.91. The van der Waals surface area contributed by atoms with Gasteiger partial charge in [0, 0.05) is 17.1 Å². The molecule has 0 bridgehead atoms. The SMILES string of the molecule is O=C(c1ccc(Cl)cc1)N1CCCC1c1ccc2c(c1)OCCO2. The number of halogens is 1. The van der Waals surface area contributed by atoms with Gasteiger partial charge in [0.1, 0.15) is 13.2 Å². The summed E-state index contributed by atoms with van der Waals surface area (Å²) in [6, 6.07) is 13.1. The van der Waals surface area contributed by atoms with Crippen molar-refractivity contribution in [3.8, 4) is 11.5 Å². The standard InChI is InChI=1S/C19H18ClNO3/c20-15-6-3-13(4-7-15)19(22)21-9-1-2-16(21)14-5-8-17-18(12-14)24-11-10-23-17/h3-8,12,16H,1-2,9-11H2. The van der Waals surface area contributed by atoms with Crippen molar-refractivity contribution in [1.82, 2.24) is 4.90 Å². The van der Waals surface area contributed by atoms with Gasteiger partial charge in [0.25, 0.3) is 5.91 Å². The lowest BCUT2D eigenvalue weighted by atomic mass is 10.0. The first-order chi connectivity index (χ1) is 11.7. The molecule has 0 aliphatic carbocycles. The number of benzene rings is 2. The van der Waals surface area contributed by atoms with E-state index in [0.717, 1.165) is 36.4 Å². The second-order valence-corrected chi connectivity index (χ2v) is 6.50. The van der Waals surface area contributed by atoms with Crippen LogP contribution in [0.1, 0.15) is 34.8 Å². The Morgan fingerprint density at radius 2 is 1.79 bits per heavy atom. The number of hydrogen-bond acceptors (Lipinski definition) is 3. The van der Waals surface area contributed by atoms with Crippen LogP contribution >= 0.6 is 11.6 Å². The fourth-order valence-electron chi connectivity index (χ4n) is 3.38. The highest BCUT2D eigenvalue weighted by Crippen LogP contribution is 2.38. The average molecular weight is 344 g/mol. The molecule has 1 fully saturated rings. The summed E-state index contributed by atoms with van der Waals surface area (Å²) < 4.78 is 11.3. The van der Waals surface area contributed by atoms with Crippen LogP contribution in [0.25, 0.3) is 0 Å². The molecule has 4 rings (SSSR count). The molecule has 2 aromatic rings. The van der Waals surface area contributed by atoms with Gasteiger partial charge in [0.05, 0.1) is 6.04 Å². The third-order valence-electron chi connectivity index (χ3n) is 4.56. The molecule has 0 spiro atoms. The fourth-order valence-corrected chi connectivity index (χ4v) is 3.51. The van der Waals surface area contributed by atoms with Crippen LogP contribution in [0.2, 0.25) is 5.02 Å². The minimum absolute atomic E-state index is 0.0454. The third kappa shape index (κ3) is 2.82. The molecule has 1 amide bonds. The van der Waals surface area contributed by atoms with Crippen LogP contribution in [0, 0.1) is 0 Å². The second-order valence-electron chi connectivity index (χ2n) is 6.07. The number of likely N-dealkylation sites (tertiary alicyclic amines) is 1. The van der Waals surface area contributed by atoms with E-state index in [2.05, 4.69) is 0 Å². The third-order valence-corrected chi connectivity index (χ3v) is 4.81. The van der Waals surface area contributed by atoms with E-state index in [4.69, 9.17) is 21.1 Å². The number of hydrogen-bond donors (Lipinski definition) is 0. The molecule has 1 saturated heterocycles. The summed E-state index contributed by atoms with van der Waals surface area (Å²) in [6.07, 6.45) is 1.96. The lowest BCUT2D eigenvalue weighted by molar-refractivity contribution is 0.0735. The van der Waals surface area contributed by atoms with E-state index in [1.807, 2.05) is 23.1 Å². The molecule has 24 heavy (non-hydrogen) atoms. The quantitative estimate of drug-likeness (QED) is 0.824. The maximum Gasteiger partial charge on any atom is 0.254 e. The zero-order valence-corrected chi connectivity index (χ0v) is 14.0. The van der Waals surface area contributed by atoms with Crippen LogP contribution in [0.5, 0.6) is 11.5 Å². The highest BCUT2D eigenvalue weighted by molar-refractivity contribution is 6.30. The fraction of sp³-hybridized carbons (Fsp3) is 0.316. The van der Waals surface area contributed by atoms with E-state index in [0.29, 0.717) is 23.8 Å². The van der Waals surface area contributed by atoms with Gasteiger partial charge in [0.15, 0.2) is 11.5 Å². The summed E-state index contributed by atoms with van der Waals surface area (Å²) >= 11 is 5.92. The molecule has 2 aliphatic rings. The molecule has 4 nitrogen and oxygen atoms in total. The van der Waals surface area contributed by atoms with E-state index < -0.39 is 0 Å². The normalized spacial score (nSPS) is 19.4. The highest BCUT2D eigenvalue weighted by atomic mass is 35.5. The minimum Gasteiger partial charge on any atom is -0.486 e. The Hall–Kier alpha value is -2.20. The monoisotopic (exact) mass is 343 g/mol. The van der Waals surface area contributed by atoms with Crippen LogP contribution in [0.4, 0.5) is 0 Å². The number of carbonyl (C=O) groups excluding carboxylic acids is 1. The first-order valence-corrected chi connectivity index (χ1v) is 8.56. The first-order valence-electron chi connectivity index (χ1n) is 8.18. The van der Waals surface area contributed by atoms with Crippen molar-refractivity contribution < 1.29 is 14.3 Å². The summed E-state index contributed by atoms with van der Waals surface area (Å²) in [5.74, 6) is 1.59. The molecule has 5 heteroatoms. The Kier molecular flexibility index (Phi) is 4.07. The Balaban J connectivity index is 1.60. The van der Waals surface area contributed by atoms with Crippen LogP contribution in [-0.2, 0) is 0 Å². The van der Waals surface area contributed by atoms with Crippen molar-refractivity contribution in [2.75, 3.05) is 19.8 Å². The van der Waals surface area contributed by atoms with Gasteiger partial charge in [-0.25, -0.2) is 0 Å². The molecule has 0 saturated carbocycles. The van der Waals surface area contributed by atoms with Crippen molar-refractivity contribution in [2.45, 2.75) is 18.9 Å². The number of nitrogens with zero attached hydrogens (tertiary/aromatic N) is 1. The maximum absolute atomic E-state index is 12.9. The van der Waals surface area contributed by atoms with Crippen molar-refractivity contribution in [1.29, 1.82) is 0 Å². The predicted octanol–water partition coefficient (Wildman–Crippen LogP) is 4.09. The molecule has 2 heterocycles. The lowest BCUT2D eigenvalue weighted by Gasteiger charge is -2.27. The van der Waals surface area contributed by atoms with Gasteiger partial charge in [-0.2, -0.15) is 0 Å². The molecule has 0 N–H and O–H groups in total. The summed E-state index contributed by atoms with van der Waals surface area (Å²) in [4.78, 5) is 14.8. The van der Waals surface area contributed by atoms with Gasteiger partial charge in [0.2, 0.25) is 0 Å². The summed E-state index contributed by atoms with van der Waals surface area (Å²) in [5, 5.41) is 0.636. The van der Waals surface area contributed by atoms with Gasteiger partial charge in [-0.3, -0.25) is 4.79 Å². The average Bonchev–Trinajstić information content (AvgIpc) is 3.11. The smallest absolute Gasteiger partial charge is 0.254 e. The van der Waals surface area contributed by atoms with E-state index in [1.165, 1.54) is 0 Å². The molecular weight excluding hydrogens is 326 g/mol. The Bertz CT molecular complexity index is 760. The zero-order chi connectivity index (χ0) is 16.5. The number of fused-ring (bicyclic) bond motifs is 1. The maximum atomic E-state index is 12.9. The molecule has 2 aliphatic heterocycles. The molecule has 0 radical (unpaired) electrons. The lowest BCUT2D eigenvalue weighted by Crippen LogP contribution is -2.30. The summed E-state index contributed by atoms with van der Waals surface area (Å²) in [7, 11) is 0. The number of rotatable bonds is 2. The Morgan fingerprint density at radius 3 is 2.58 bits per heavy atom. The largest absolute Gasteiger partial charge is 0.486 e. The van der Waals surface area contributed by atoms with Crippen molar-refractivity contribution in [3.05, 3.63) is 58.6 Å². The molecular formula is C19H18ClNO3. The van der Waals surface area contributed by atoms with Crippen molar-refractivity contribution in [2.24, 2.45) is 0 Å². The van der Waals surface area contributed by atoms with Crippen molar-refractivity contribution >= 4 is 17.5 Å². The van der Waals surface area contributed by atoms with Crippen molar-refractivity contribution in [3.63, 3.8) is 0 Å². The topological polar surface area (TPSA) is 38.8 Å². The van der Waals surface area contributed by atoms with Crippen LogP contribution in [-0.4, -0.2) is 30.6 Å². The van der Waals surface area contributed by atoms with Gasteiger partial charge >= 0.3 is 0 Å². The Labute approximate surface area is 145 Å². The van der Waals surface area contributed by atoms with Gasteiger partial charge in [-0.15, -0.1) is 0 Å². The molecule has 0 aromatic heterocycles. The second kappa shape index (κ2) is 6.36. The van der Waals surface area contributed by atoms with Crippen LogP contribution < -0.4 is 9.47 Å². The van der Waals surface area contributed by atoms with Crippen LogP contribution in [0.3, 0.4) is 0 Å². The molecule has 1 atom stereocenters. The number of amides is 1. The molecule has 2 aromatic carbocycles. The number of ether oxygens (including phenoxy) is 2. The van der Waals surface area contributed by atoms with Gasteiger partial charge < -0.3 is 14.4 Å². The zero-order valence-electron chi connectivity index (χ0n) is 13.2. The van der Waals surface area contributed by atoms with E-state index in [9.17, 15) is 4.79 Å². The van der Waals surface area contributed by atoms with E-state index >= 15 is 0 Å². The van der Waals surface area contributed by atoms with Gasteiger partial charge in [-0.05, 0) is 54.8 Å². The summed E-state index contributed by atoms with van der Waals surface area (Å²) in [5.41, 5.74) is 1.77. The number of carbonyl (C=O) groups is 1.